The zero-order chi connectivity index (χ0) is 13.8. The lowest BCUT2D eigenvalue weighted by Gasteiger charge is -2.34. The number of fused-ring (bicyclic) bond motifs is 3. The van der Waals surface area contributed by atoms with Gasteiger partial charge in [0.1, 0.15) is 5.92 Å². The predicted octanol–water partition coefficient (Wildman–Crippen LogP) is 1.25. The number of allylic oxidation sites excluding steroid dienone is 1. The zero-order valence-corrected chi connectivity index (χ0v) is 10.5. The summed E-state index contributed by atoms with van der Waals surface area (Å²) in [5.74, 6) is -0.438. The monoisotopic (exact) mass is 264 g/mol. The van der Waals surface area contributed by atoms with Crippen LogP contribution in [0, 0.1) is 15.3 Å². The molecule has 0 spiro atoms. The molecule has 0 N–H and O–H groups in total. The average Bonchev–Trinajstić information content (AvgIpc) is 2.73. The highest BCUT2D eigenvalue weighted by atomic mass is 16.8. The van der Waals surface area contributed by atoms with Crippen LogP contribution in [-0.2, 0) is 0 Å². The second-order valence-electron chi connectivity index (χ2n) is 5.14. The van der Waals surface area contributed by atoms with Gasteiger partial charge in [0.15, 0.2) is 0 Å². The van der Waals surface area contributed by atoms with Gasteiger partial charge in [0, 0.05) is 11.3 Å². The first kappa shape index (κ1) is 11.8. The molecule has 0 saturated carbocycles. The molecule has 8 nitrogen and oxygen atoms in total. The lowest BCUT2D eigenvalue weighted by molar-refractivity contribution is -0.810. The van der Waals surface area contributed by atoms with Crippen molar-refractivity contribution in [1.29, 1.82) is 0 Å². The first-order valence-electron chi connectivity index (χ1n) is 5.90. The normalized spacial score (nSPS) is 29.1. The molecule has 1 aromatic rings. The summed E-state index contributed by atoms with van der Waals surface area (Å²) in [5.41, 5.74) is 0.821. The van der Waals surface area contributed by atoms with Crippen LogP contribution < -0.4 is 4.90 Å². The SMILES string of the molecule is CC1=C(C)C[C@]2([N+](=O)[O-])C=Nc3no[n+]([O-])c3[C@@H]2C1. The van der Waals surface area contributed by atoms with Crippen LogP contribution in [0.15, 0.2) is 20.8 Å². The minimum atomic E-state index is -1.37. The van der Waals surface area contributed by atoms with E-state index in [1.807, 2.05) is 13.8 Å². The van der Waals surface area contributed by atoms with E-state index in [-0.39, 0.29) is 27.8 Å². The Morgan fingerprint density at radius 3 is 2.95 bits per heavy atom. The molecule has 19 heavy (non-hydrogen) atoms. The summed E-state index contributed by atoms with van der Waals surface area (Å²) < 4.78 is 4.51. The third-order valence-corrected chi connectivity index (χ3v) is 4.10. The van der Waals surface area contributed by atoms with E-state index in [9.17, 15) is 15.3 Å². The Morgan fingerprint density at radius 2 is 2.26 bits per heavy atom. The van der Waals surface area contributed by atoms with Crippen LogP contribution in [0.1, 0.15) is 38.3 Å². The third kappa shape index (κ3) is 1.42. The van der Waals surface area contributed by atoms with Gasteiger partial charge in [-0.05, 0) is 25.2 Å². The molecule has 0 aromatic carbocycles. The molecule has 1 aromatic heterocycles. The summed E-state index contributed by atoms with van der Waals surface area (Å²) in [7, 11) is 0. The molecule has 2 heterocycles. The van der Waals surface area contributed by atoms with Crippen molar-refractivity contribution in [3.8, 4) is 0 Å². The lowest BCUT2D eigenvalue weighted by atomic mass is 9.69. The number of rotatable bonds is 1. The number of nitrogens with zero attached hydrogens (tertiary/aromatic N) is 4. The largest absolute Gasteiger partial charge is 0.359 e. The quantitative estimate of drug-likeness (QED) is 0.328. The van der Waals surface area contributed by atoms with Crippen LogP contribution in [0.3, 0.4) is 0 Å². The van der Waals surface area contributed by atoms with E-state index in [0.717, 1.165) is 11.1 Å². The van der Waals surface area contributed by atoms with Crippen LogP contribution in [0.25, 0.3) is 0 Å². The molecule has 100 valence electrons. The van der Waals surface area contributed by atoms with Gasteiger partial charge in [-0.25, -0.2) is 4.99 Å². The van der Waals surface area contributed by atoms with Gasteiger partial charge in [-0.1, -0.05) is 11.1 Å². The Labute approximate surface area is 108 Å². The van der Waals surface area contributed by atoms with Crippen molar-refractivity contribution in [1.82, 2.24) is 5.16 Å². The van der Waals surface area contributed by atoms with Gasteiger partial charge in [0.05, 0.1) is 11.4 Å². The average molecular weight is 264 g/mol. The van der Waals surface area contributed by atoms with Gasteiger partial charge in [0.25, 0.3) is 5.54 Å². The summed E-state index contributed by atoms with van der Waals surface area (Å²) in [5, 5.41) is 26.7. The fourth-order valence-corrected chi connectivity index (χ4v) is 2.86. The van der Waals surface area contributed by atoms with Gasteiger partial charge < -0.3 is 5.21 Å². The first-order valence-corrected chi connectivity index (χ1v) is 5.90. The first-order chi connectivity index (χ1) is 8.95. The summed E-state index contributed by atoms with van der Waals surface area (Å²) in [6.45, 7) is 3.80. The molecule has 3 rings (SSSR count). The second-order valence-corrected chi connectivity index (χ2v) is 5.14. The fraction of sp³-hybridized carbons (Fsp3) is 0.545. The van der Waals surface area contributed by atoms with Crippen LogP contribution in [0.2, 0.25) is 0 Å². The molecule has 0 saturated heterocycles. The second kappa shape index (κ2) is 3.62. The van der Waals surface area contributed by atoms with Gasteiger partial charge in [0.2, 0.25) is 5.69 Å². The van der Waals surface area contributed by atoms with Gasteiger partial charge in [-0.15, -0.1) is 0 Å². The number of aliphatic imine (C=N–C) groups is 1. The van der Waals surface area contributed by atoms with Crippen LogP contribution in [-0.4, -0.2) is 21.8 Å². The van der Waals surface area contributed by atoms with Crippen molar-refractivity contribution in [2.45, 2.75) is 38.1 Å². The van der Waals surface area contributed by atoms with Crippen LogP contribution >= 0.6 is 0 Å². The topological polar surface area (TPSA) is 108 Å². The van der Waals surface area contributed by atoms with Gasteiger partial charge >= 0.3 is 5.82 Å². The lowest BCUT2D eigenvalue weighted by Crippen LogP contribution is -2.52. The molecule has 2 aliphatic rings. The maximum atomic E-state index is 11.6. The number of hydrogen-bond acceptors (Lipinski definition) is 6. The Morgan fingerprint density at radius 1 is 1.53 bits per heavy atom. The molecule has 8 heteroatoms. The smallest absolute Gasteiger partial charge is 0.336 e. The van der Waals surface area contributed by atoms with Crippen LogP contribution in [0.5, 0.6) is 0 Å². The Kier molecular flexibility index (Phi) is 2.25. The summed E-state index contributed by atoms with van der Waals surface area (Å²) in [6.07, 6.45) is 2.00. The highest BCUT2D eigenvalue weighted by Crippen LogP contribution is 2.47. The van der Waals surface area contributed by atoms with Crippen molar-refractivity contribution in [2.75, 3.05) is 0 Å². The Hall–Kier alpha value is -2.25. The van der Waals surface area contributed by atoms with E-state index in [4.69, 9.17) is 0 Å². The number of aromatic nitrogens is 2. The predicted molar refractivity (Wildman–Crippen MR) is 63.7 cm³/mol. The van der Waals surface area contributed by atoms with Crippen molar-refractivity contribution in [2.24, 2.45) is 4.99 Å². The molecule has 1 aliphatic heterocycles. The third-order valence-electron chi connectivity index (χ3n) is 4.10. The Balaban J connectivity index is 2.22. The van der Waals surface area contributed by atoms with Crippen molar-refractivity contribution < 1.29 is 14.5 Å². The summed E-state index contributed by atoms with van der Waals surface area (Å²) in [6, 6.07) is 0. The molecule has 0 radical (unpaired) electrons. The summed E-state index contributed by atoms with van der Waals surface area (Å²) in [4.78, 5) is 15.4. The highest BCUT2D eigenvalue weighted by Gasteiger charge is 2.58. The molecule has 1 aliphatic carbocycles. The van der Waals surface area contributed by atoms with Gasteiger partial charge in [-0.2, -0.15) is 0 Å². The minimum Gasteiger partial charge on any atom is -0.359 e. The maximum Gasteiger partial charge on any atom is 0.336 e. The minimum absolute atomic E-state index is 0.143. The maximum absolute atomic E-state index is 11.6. The van der Waals surface area contributed by atoms with Gasteiger partial charge in [-0.3, -0.25) is 14.7 Å². The summed E-state index contributed by atoms with van der Waals surface area (Å²) >= 11 is 0. The number of hydrogen-bond donors (Lipinski definition) is 0. The molecular formula is C11H12N4O4. The standard InChI is InChI=1S/C11H12N4O4/c1-6-3-8-9-10(13-19-14(9)16)12-5-11(8,15(17)18)4-7(6)2/h5,8H,3-4H2,1-2H3/t8-,11-/m0/s1. The van der Waals surface area contributed by atoms with E-state index < -0.39 is 11.5 Å². The molecule has 0 amide bonds. The van der Waals surface area contributed by atoms with E-state index in [0.29, 0.717) is 6.42 Å². The van der Waals surface area contributed by atoms with Crippen molar-refractivity contribution in [3.63, 3.8) is 0 Å². The number of nitro groups is 1. The van der Waals surface area contributed by atoms with E-state index in [2.05, 4.69) is 14.8 Å². The fourth-order valence-electron chi connectivity index (χ4n) is 2.86. The highest BCUT2D eigenvalue weighted by molar-refractivity contribution is 5.77. The van der Waals surface area contributed by atoms with E-state index in [1.165, 1.54) is 6.21 Å². The van der Waals surface area contributed by atoms with Crippen molar-refractivity contribution in [3.05, 3.63) is 32.2 Å². The molecule has 2 atom stereocenters. The molecule has 0 fully saturated rings. The van der Waals surface area contributed by atoms with E-state index >= 15 is 0 Å². The molecule has 0 bridgehead atoms. The molecular weight excluding hydrogens is 252 g/mol. The molecule has 0 unspecified atom stereocenters. The van der Waals surface area contributed by atoms with Crippen molar-refractivity contribution >= 4 is 12.0 Å². The Bertz CT molecular complexity index is 633. The zero-order valence-electron chi connectivity index (χ0n) is 10.5. The van der Waals surface area contributed by atoms with Crippen LogP contribution in [0.4, 0.5) is 5.82 Å². The van der Waals surface area contributed by atoms with E-state index in [1.54, 1.807) is 0 Å².